The van der Waals surface area contributed by atoms with Crippen LogP contribution in [0.3, 0.4) is 0 Å². The van der Waals surface area contributed by atoms with E-state index in [2.05, 4.69) is 38.4 Å². The van der Waals surface area contributed by atoms with Crippen molar-refractivity contribution in [2.75, 3.05) is 5.32 Å². The summed E-state index contributed by atoms with van der Waals surface area (Å²) in [6, 6.07) is 13.1. The molecule has 9 heteroatoms. The Bertz CT molecular complexity index is 837. The molecule has 2 aromatic rings. The maximum Gasteiger partial charge on any atom is 0.269 e. The third-order valence-electron chi connectivity index (χ3n) is 3.23. The van der Waals surface area contributed by atoms with Crippen molar-refractivity contribution in [2.24, 2.45) is 5.10 Å². The number of para-hydroxylation sites is 1. The smallest absolute Gasteiger partial charge is 0.269 e. The van der Waals surface area contributed by atoms with E-state index in [1.54, 1.807) is 6.07 Å². The molecule has 0 unspecified atom stereocenters. The number of anilines is 1. The van der Waals surface area contributed by atoms with E-state index < -0.39 is 10.8 Å². The summed E-state index contributed by atoms with van der Waals surface area (Å²) >= 11 is 2.11. The molecule has 2 amide bonds. The Labute approximate surface area is 163 Å². The lowest BCUT2D eigenvalue weighted by molar-refractivity contribution is -0.384. The molecule has 0 heterocycles. The van der Waals surface area contributed by atoms with Crippen molar-refractivity contribution in [3.63, 3.8) is 0 Å². The predicted octanol–water partition coefficient (Wildman–Crippen LogP) is 3.07. The lowest BCUT2D eigenvalue weighted by Crippen LogP contribution is -2.20. The number of rotatable bonds is 7. The van der Waals surface area contributed by atoms with Crippen molar-refractivity contribution in [3.8, 4) is 0 Å². The van der Waals surface area contributed by atoms with Crippen LogP contribution in [0.1, 0.15) is 18.4 Å². The van der Waals surface area contributed by atoms with Gasteiger partial charge in [-0.05, 0) is 52.4 Å². The second kappa shape index (κ2) is 9.61. The van der Waals surface area contributed by atoms with E-state index in [0.717, 1.165) is 3.57 Å². The summed E-state index contributed by atoms with van der Waals surface area (Å²) in [6.07, 6.45) is 1.39. The average Bonchev–Trinajstić information content (AvgIpc) is 2.62. The SMILES string of the molecule is O=C(CCC(=O)Nc1ccccc1I)NN=Cc1ccc([N+](=O)[O-])cc1. The number of nitrogens with zero attached hydrogens (tertiary/aromatic N) is 2. The van der Waals surface area contributed by atoms with Gasteiger partial charge in [-0.25, -0.2) is 5.43 Å². The third kappa shape index (κ3) is 6.24. The van der Waals surface area contributed by atoms with E-state index in [9.17, 15) is 19.7 Å². The molecule has 0 bridgehead atoms. The Morgan fingerprint density at radius 2 is 1.73 bits per heavy atom. The fourth-order valence-electron chi connectivity index (χ4n) is 1.92. The topological polar surface area (TPSA) is 114 Å². The second-order valence-corrected chi connectivity index (χ2v) is 6.33. The van der Waals surface area contributed by atoms with Gasteiger partial charge >= 0.3 is 0 Å². The maximum atomic E-state index is 11.9. The molecule has 0 saturated heterocycles. The maximum absolute atomic E-state index is 11.9. The molecule has 0 atom stereocenters. The molecule has 0 aliphatic carbocycles. The minimum atomic E-state index is -0.496. The van der Waals surface area contributed by atoms with Gasteiger partial charge in [-0.15, -0.1) is 0 Å². The molecule has 134 valence electrons. The zero-order chi connectivity index (χ0) is 18.9. The van der Waals surface area contributed by atoms with E-state index >= 15 is 0 Å². The Morgan fingerprint density at radius 3 is 2.38 bits per heavy atom. The van der Waals surface area contributed by atoms with Crippen LogP contribution in [0.2, 0.25) is 0 Å². The molecule has 0 fully saturated rings. The van der Waals surface area contributed by atoms with Gasteiger partial charge in [0.05, 0.1) is 16.8 Å². The first kappa shape index (κ1) is 19.5. The van der Waals surface area contributed by atoms with Crippen molar-refractivity contribution in [2.45, 2.75) is 12.8 Å². The fourth-order valence-corrected chi connectivity index (χ4v) is 2.44. The third-order valence-corrected chi connectivity index (χ3v) is 4.17. The average molecular weight is 466 g/mol. The van der Waals surface area contributed by atoms with Crippen LogP contribution >= 0.6 is 22.6 Å². The normalized spacial score (nSPS) is 10.5. The minimum absolute atomic E-state index is 0.00710. The zero-order valence-electron chi connectivity index (χ0n) is 13.5. The number of hydrogen-bond donors (Lipinski definition) is 2. The van der Waals surface area contributed by atoms with E-state index in [-0.39, 0.29) is 24.4 Å². The molecular formula is C17H15IN4O4. The first-order chi connectivity index (χ1) is 12.5. The van der Waals surface area contributed by atoms with Crippen LogP contribution in [-0.4, -0.2) is 23.0 Å². The Balaban J connectivity index is 1.75. The summed E-state index contributed by atoms with van der Waals surface area (Å²) in [5.74, 6) is -0.662. The highest BCUT2D eigenvalue weighted by atomic mass is 127. The number of halogens is 1. The van der Waals surface area contributed by atoms with Gasteiger partial charge in [-0.1, -0.05) is 12.1 Å². The van der Waals surface area contributed by atoms with Gasteiger partial charge < -0.3 is 5.32 Å². The standard InChI is InChI=1S/C17H15IN4O4/c18-14-3-1-2-4-15(14)20-16(23)9-10-17(24)21-19-11-12-5-7-13(8-6-12)22(25)26/h1-8,11H,9-10H2,(H,20,23)(H,21,24). The van der Waals surface area contributed by atoms with Crippen molar-refractivity contribution in [3.05, 3.63) is 67.8 Å². The minimum Gasteiger partial charge on any atom is -0.325 e. The number of nitro benzene ring substituents is 1. The zero-order valence-corrected chi connectivity index (χ0v) is 15.7. The second-order valence-electron chi connectivity index (χ2n) is 5.17. The number of amides is 2. The molecule has 0 saturated carbocycles. The molecule has 0 radical (unpaired) electrons. The summed E-state index contributed by atoms with van der Waals surface area (Å²) in [6.45, 7) is 0. The molecule has 2 N–H and O–H groups in total. The van der Waals surface area contributed by atoms with Crippen LogP contribution in [0.25, 0.3) is 0 Å². The van der Waals surface area contributed by atoms with Crippen molar-refractivity contribution >= 4 is 52.0 Å². The van der Waals surface area contributed by atoms with Crippen LogP contribution < -0.4 is 10.7 Å². The monoisotopic (exact) mass is 466 g/mol. The first-order valence-corrected chi connectivity index (χ1v) is 8.64. The summed E-state index contributed by atoms with van der Waals surface area (Å²) in [5, 5.41) is 17.1. The number of non-ortho nitro benzene ring substituents is 1. The Kier molecular flexibility index (Phi) is 7.21. The van der Waals surface area contributed by atoms with Gasteiger partial charge in [-0.2, -0.15) is 5.10 Å². The number of benzene rings is 2. The quantitative estimate of drug-likeness (QED) is 0.283. The summed E-state index contributed by atoms with van der Waals surface area (Å²) < 4.78 is 0.913. The van der Waals surface area contributed by atoms with Gasteiger partial charge in [0, 0.05) is 28.5 Å². The molecular weight excluding hydrogens is 451 g/mol. The van der Waals surface area contributed by atoms with Gasteiger partial charge in [-0.3, -0.25) is 19.7 Å². The van der Waals surface area contributed by atoms with Crippen LogP contribution in [-0.2, 0) is 9.59 Å². The number of carbonyl (C=O) groups is 2. The summed E-state index contributed by atoms with van der Waals surface area (Å²) in [7, 11) is 0. The van der Waals surface area contributed by atoms with E-state index in [1.807, 2.05) is 18.2 Å². The lowest BCUT2D eigenvalue weighted by atomic mass is 10.2. The number of nitrogens with one attached hydrogen (secondary N) is 2. The molecule has 8 nitrogen and oxygen atoms in total. The molecule has 0 aromatic heterocycles. The van der Waals surface area contributed by atoms with Crippen molar-refractivity contribution in [1.29, 1.82) is 0 Å². The molecule has 0 aliphatic rings. The molecule has 2 aromatic carbocycles. The Morgan fingerprint density at radius 1 is 1.08 bits per heavy atom. The van der Waals surface area contributed by atoms with Crippen molar-refractivity contribution in [1.82, 2.24) is 5.43 Å². The van der Waals surface area contributed by atoms with Crippen molar-refractivity contribution < 1.29 is 14.5 Å². The number of hydrogen-bond acceptors (Lipinski definition) is 5. The largest absolute Gasteiger partial charge is 0.325 e. The highest BCUT2D eigenvalue weighted by Crippen LogP contribution is 2.17. The lowest BCUT2D eigenvalue weighted by Gasteiger charge is -2.06. The highest BCUT2D eigenvalue weighted by molar-refractivity contribution is 14.1. The fraction of sp³-hybridized carbons (Fsp3) is 0.118. The number of hydrazone groups is 1. The number of nitro groups is 1. The van der Waals surface area contributed by atoms with Gasteiger partial charge in [0.25, 0.3) is 5.69 Å². The van der Waals surface area contributed by atoms with Gasteiger partial charge in [0.1, 0.15) is 0 Å². The first-order valence-electron chi connectivity index (χ1n) is 7.56. The van der Waals surface area contributed by atoms with Crippen LogP contribution in [0.15, 0.2) is 53.6 Å². The van der Waals surface area contributed by atoms with Gasteiger partial charge in [0.15, 0.2) is 0 Å². The molecule has 26 heavy (non-hydrogen) atoms. The van der Waals surface area contributed by atoms with E-state index in [4.69, 9.17) is 0 Å². The highest BCUT2D eigenvalue weighted by Gasteiger charge is 2.08. The molecule has 0 spiro atoms. The van der Waals surface area contributed by atoms with E-state index in [0.29, 0.717) is 11.3 Å². The predicted molar refractivity (Wildman–Crippen MR) is 106 cm³/mol. The summed E-state index contributed by atoms with van der Waals surface area (Å²) in [4.78, 5) is 33.6. The molecule has 2 rings (SSSR count). The van der Waals surface area contributed by atoms with Crippen LogP contribution in [0.5, 0.6) is 0 Å². The van der Waals surface area contributed by atoms with Crippen LogP contribution in [0, 0.1) is 13.7 Å². The summed E-state index contributed by atoms with van der Waals surface area (Å²) in [5.41, 5.74) is 3.60. The Hall–Kier alpha value is -2.82. The number of carbonyl (C=O) groups excluding carboxylic acids is 2. The van der Waals surface area contributed by atoms with E-state index in [1.165, 1.54) is 30.5 Å². The molecule has 0 aliphatic heterocycles. The van der Waals surface area contributed by atoms with Crippen LogP contribution in [0.4, 0.5) is 11.4 Å². The van der Waals surface area contributed by atoms with Gasteiger partial charge in [0.2, 0.25) is 11.8 Å².